The van der Waals surface area contributed by atoms with Crippen molar-refractivity contribution in [2.45, 2.75) is 32.4 Å². The van der Waals surface area contributed by atoms with Gasteiger partial charge >= 0.3 is 12.1 Å². The van der Waals surface area contributed by atoms with Gasteiger partial charge in [0.1, 0.15) is 11.6 Å². The minimum atomic E-state index is -0.890. The second kappa shape index (κ2) is 7.53. The number of hydrogen-bond acceptors (Lipinski definition) is 4. The number of carboxylic acids is 1. The Kier molecular flexibility index (Phi) is 5.87. The fourth-order valence-electron chi connectivity index (χ4n) is 2.68. The first kappa shape index (κ1) is 18.7. The highest BCUT2D eigenvalue weighted by Crippen LogP contribution is 2.25. The van der Waals surface area contributed by atoms with Crippen LogP contribution in [0, 0.1) is 0 Å². The molecule has 1 N–H and O–H groups in total. The van der Waals surface area contributed by atoms with Gasteiger partial charge in [-0.1, -0.05) is 28.1 Å². The normalized spacial score (nSPS) is 17.4. The molecule has 2 rings (SSSR count). The van der Waals surface area contributed by atoms with Gasteiger partial charge in [0.25, 0.3) is 0 Å². The van der Waals surface area contributed by atoms with Crippen LogP contribution >= 0.6 is 15.9 Å². The molecule has 0 aliphatic carbocycles. The standard InChI is InChI=1S/C17H23BrN2O4/c1-17(2,3)24-16(23)20-9-7-19(8-10-20)14(15(21)22)12-5-4-6-13(18)11-12/h4-6,11,14H,7-10H2,1-3H3,(H,21,22). The maximum absolute atomic E-state index is 12.1. The molecule has 0 bridgehead atoms. The van der Waals surface area contributed by atoms with Crippen LogP contribution in [-0.4, -0.2) is 58.7 Å². The van der Waals surface area contributed by atoms with Gasteiger partial charge in [0, 0.05) is 30.7 Å². The van der Waals surface area contributed by atoms with Crippen LogP contribution in [0.3, 0.4) is 0 Å². The van der Waals surface area contributed by atoms with Crippen molar-refractivity contribution in [3.8, 4) is 0 Å². The van der Waals surface area contributed by atoms with Crippen LogP contribution in [0.4, 0.5) is 4.79 Å². The van der Waals surface area contributed by atoms with Crippen molar-refractivity contribution in [3.05, 3.63) is 34.3 Å². The van der Waals surface area contributed by atoms with E-state index in [4.69, 9.17) is 4.74 Å². The summed E-state index contributed by atoms with van der Waals surface area (Å²) >= 11 is 3.38. The topological polar surface area (TPSA) is 70.1 Å². The fourth-order valence-corrected chi connectivity index (χ4v) is 3.09. The summed E-state index contributed by atoms with van der Waals surface area (Å²) in [6.07, 6.45) is -0.350. The lowest BCUT2D eigenvalue weighted by molar-refractivity contribution is -0.144. The number of carboxylic acid groups (broad SMARTS) is 1. The zero-order valence-electron chi connectivity index (χ0n) is 14.2. The van der Waals surface area contributed by atoms with E-state index in [1.54, 1.807) is 4.90 Å². The molecule has 0 spiro atoms. The molecule has 1 atom stereocenters. The third-order valence-electron chi connectivity index (χ3n) is 3.73. The smallest absolute Gasteiger partial charge is 0.410 e. The molecule has 1 aromatic carbocycles. The summed E-state index contributed by atoms with van der Waals surface area (Å²) in [5, 5.41) is 9.64. The average Bonchev–Trinajstić information content (AvgIpc) is 2.46. The predicted octanol–water partition coefficient (Wildman–Crippen LogP) is 3.13. The minimum absolute atomic E-state index is 0.350. The molecule has 0 saturated carbocycles. The molecule has 1 amide bonds. The third kappa shape index (κ3) is 4.95. The Morgan fingerprint density at radius 2 is 1.83 bits per heavy atom. The van der Waals surface area contributed by atoms with Crippen molar-refractivity contribution in [1.82, 2.24) is 9.80 Å². The Morgan fingerprint density at radius 1 is 1.21 bits per heavy atom. The maximum Gasteiger partial charge on any atom is 0.410 e. The largest absolute Gasteiger partial charge is 0.480 e. The molecule has 1 aromatic rings. The molecule has 1 aliphatic rings. The Labute approximate surface area is 150 Å². The third-order valence-corrected chi connectivity index (χ3v) is 4.22. The summed E-state index contributed by atoms with van der Waals surface area (Å²) in [7, 11) is 0. The van der Waals surface area contributed by atoms with E-state index in [0.29, 0.717) is 26.2 Å². The molecule has 24 heavy (non-hydrogen) atoms. The summed E-state index contributed by atoms with van der Waals surface area (Å²) in [5.41, 5.74) is 0.191. The highest BCUT2D eigenvalue weighted by molar-refractivity contribution is 9.10. The van der Waals surface area contributed by atoms with Crippen LogP contribution in [-0.2, 0) is 9.53 Å². The molecular formula is C17H23BrN2O4. The number of hydrogen-bond donors (Lipinski definition) is 1. The lowest BCUT2D eigenvalue weighted by Crippen LogP contribution is -2.51. The van der Waals surface area contributed by atoms with E-state index < -0.39 is 17.6 Å². The highest BCUT2D eigenvalue weighted by Gasteiger charge is 2.32. The Balaban J connectivity index is 2.04. The molecule has 1 saturated heterocycles. The van der Waals surface area contributed by atoms with Gasteiger partial charge in [-0.05, 0) is 38.5 Å². The van der Waals surface area contributed by atoms with Gasteiger partial charge in [-0.2, -0.15) is 0 Å². The van der Waals surface area contributed by atoms with Crippen molar-refractivity contribution in [3.63, 3.8) is 0 Å². The van der Waals surface area contributed by atoms with Gasteiger partial charge in [-0.25, -0.2) is 4.79 Å². The quantitative estimate of drug-likeness (QED) is 0.846. The highest BCUT2D eigenvalue weighted by atomic mass is 79.9. The summed E-state index contributed by atoms with van der Waals surface area (Å²) in [5.74, 6) is -0.890. The van der Waals surface area contributed by atoms with E-state index in [0.717, 1.165) is 10.0 Å². The van der Waals surface area contributed by atoms with Gasteiger partial charge in [-0.3, -0.25) is 9.69 Å². The number of ether oxygens (including phenoxy) is 1. The maximum atomic E-state index is 12.1. The van der Waals surface area contributed by atoms with Crippen molar-refractivity contribution in [2.24, 2.45) is 0 Å². The number of rotatable bonds is 3. The summed E-state index contributed by atoms with van der Waals surface area (Å²) in [4.78, 5) is 27.4. The molecule has 7 heteroatoms. The summed E-state index contributed by atoms with van der Waals surface area (Å²) in [6.45, 7) is 7.36. The second-order valence-corrected chi connectivity index (χ2v) is 7.71. The first-order chi connectivity index (χ1) is 11.2. The second-order valence-electron chi connectivity index (χ2n) is 6.80. The van der Waals surface area contributed by atoms with Crippen LogP contribution in [0.5, 0.6) is 0 Å². The zero-order chi connectivity index (χ0) is 17.9. The number of carbonyl (C=O) groups is 2. The van der Waals surface area contributed by atoms with E-state index in [9.17, 15) is 14.7 Å². The molecule has 1 heterocycles. The summed E-state index contributed by atoms with van der Waals surface area (Å²) < 4.78 is 6.21. The number of nitrogens with zero attached hydrogens (tertiary/aromatic N) is 2. The Morgan fingerprint density at radius 3 is 2.33 bits per heavy atom. The number of aliphatic carboxylic acids is 1. The van der Waals surface area contributed by atoms with E-state index >= 15 is 0 Å². The van der Waals surface area contributed by atoms with E-state index in [1.807, 2.05) is 49.9 Å². The number of piperazine rings is 1. The van der Waals surface area contributed by atoms with Gasteiger partial charge in [-0.15, -0.1) is 0 Å². The molecule has 0 aromatic heterocycles. The van der Waals surface area contributed by atoms with E-state index in [1.165, 1.54) is 0 Å². The van der Waals surface area contributed by atoms with Crippen molar-refractivity contribution in [1.29, 1.82) is 0 Å². The van der Waals surface area contributed by atoms with Crippen molar-refractivity contribution >= 4 is 28.0 Å². The predicted molar refractivity (Wildman–Crippen MR) is 93.9 cm³/mol. The monoisotopic (exact) mass is 398 g/mol. The molecule has 1 unspecified atom stereocenters. The molecule has 132 valence electrons. The van der Waals surface area contributed by atoms with Gasteiger partial charge in [0.15, 0.2) is 0 Å². The number of carbonyl (C=O) groups excluding carboxylic acids is 1. The molecular weight excluding hydrogens is 376 g/mol. The van der Waals surface area contributed by atoms with Crippen molar-refractivity contribution < 1.29 is 19.4 Å². The van der Waals surface area contributed by atoms with Gasteiger partial charge in [0.2, 0.25) is 0 Å². The first-order valence-corrected chi connectivity index (χ1v) is 8.67. The van der Waals surface area contributed by atoms with E-state index in [-0.39, 0.29) is 6.09 Å². The summed E-state index contributed by atoms with van der Waals surface area (Å²) in [6, 6.07) is 6.60. The average molecular weight is 399 g/mol. The lowest BCUT2D eigenvalue weighted by Gasteiger charge is -2.38. The zero-order valence-corrected chi connectivity index (χ0v) is 15.7. The lowest BCUT2D eigenvalue weighted by atomic mass is 10.0. The minimum Gasteiger partial charge on any atom is -0.480 e. The number of amides is 1. The Hall–Kier alpha value is -1.60. The molecule has 1 aliphatic heterocycles. The number of benzene rings is 1. The fraction of sp³-hybridized carbons (Fsp3) is 0.529. The van der Waals surface area contributed by atoms with Gasteiger partial charge < -0.3 is 14.7 Å². The van der Waals surface area contributed by atoms with Crippen LogP contribution in [0.15, 0.2) is 28.7 Å². The van der Waals surface area contributed by atoms with E-state index in [2.05, 4.69) is 15.9 Å². The van der Waals surface area contributed by atoms with Crippen LogP contribution in [0.25, 0.3) is 0 Å². The Bertz CT molecular complexity index is 607. The van der Waals surface area contributed by atoms with Crippen LogP contribution < -0.4 is 0 Å². The molecule has 1 fully saturated rings. The van der Waals surface area contributed by atoms with Crippen LogP contribution in [0.1, 0.15) is 32.4 Å². The van der Waals surface area contributed by atoms with Gasteiger partial charge in [0.05, 0.1) is 0 Å². The number of halogens is 1. The van der Waals surface area contributed by atoms with Crippen LogP contribution in [0.2, 0.25) is 0 Å². The SMILES string of the molecule is CC(C)(C)OC(=O)N1CCN(C(C(=O)O)c2cccc(Br)c2)CC1. The molecule has 6 nitrogen and oxygen atoms in total. The van der Waals surface area contributed by atoms with Crippen molar-refractivity contribution in [2.75, 3.05) is 26.2 Å². The molecule has 0 radical (unpaired) electrons. The first-order valence-electron chi connectivity index (χ1n) is 7.87.